The summed E-state index contributed by atoms with van der Waals surface area (Å²) in [5, 5.41) is 9.32. The summed E-state index contributed by atoms with van der Waals surface area (Å²) < 4.78 is 6.58. The van der Waals surface area contributed by atoms with Crippen LogP contribution in [0.5, 0.6) is 0 Å². The molecule has 146 valence electrons. The van der Waals surface area contributed by atoms with Gasteiger partial charge < -0.3 is 31.3 Å². The van der Waals surface area contributed by atoms with Crippen molar-refractivity contribution in [2.45, 2.75) is 84.0 Å². The number of ether oxygens (including phenoxy) is 1. The first kappa shape index (κ1) is 24.4. The number of nitrogens with zero attached hydrogens (tertiary/aromatic N) is 1. The molecule has 0 bridgehead atoms. The molecule has 0 aliphatic carbocycles. The van der Waals surface area contributed by atoms with Crippen molar-refractivity contribution in [2.75, 3.05) is 46.0 Å². The highest BCUT2D eigenvalue weighted by Crippen LogP contribution is 2.16. The second kappa shape index (κ2) is 16.8. The monoisotopic (exact) mass is 407 g/mol. The van der Waals surface area contributed by atoms with Gasteiger partial charge >= 0.3 is 0 Å². The minimum absolute atomic E-state index is 0. The lowest BCUT2D eigenvalue weighted by atomic mass is 10.0. The Morgan fingerprint density at radius 1 is 0.708 bits per heavy atom. The third-order valence-electron chi connectivity index (χ3n) is 5.48. The molecular weight excluding hydrogens is 366 g/mol. The van der Waals surface area contributed by atoms with Crippen LogP contribution in [0.15, 0.2) is 0 Å². The van der Waals surface area contributed by atoms with Gasteiger partial charge in [-0.2, -0.15) is 0 Å². The van der Waals surface area contributed by atoms with Crippen LogP contribution in [0, 0.1) is 0 Å². The Bertz CT molecular complexity index is 253. The summed E-state index contributed by atoms with van der Waals surface area (Å²) in [7, 11) is 0. The largest absolute Gasteiger partial charge is 1.00 e. The molecule has 0 unspecified atom stereocenters. The van der Waals surface area contributed by atoms with E-state index in [0.29, 0.717) is 6.61 Å². The Kier molecular flexibility index (Phi) is 17.1. The number of aliphatic hydroxyl groups excluding tert-OH is 1. The Morgan fingerprint density at radius 3 is 1.62 bits per heavy atom. The maximum Gasteiger partial charge on any atom is 0.103 e. The second-order valence-electron chi connectivity index (χ2n) is 7.46. The van der Waals surface area contributed by atoms with Crippen molar-refractivity contribution in [3.8, 4) is 0 Å². The van der Waals surface area contributed by atoms with Gasteiger partial charge in [0.1, 0.15) is 19.6 Å². The molecule has 0 aromatic heterocycles. The van der Waals surface area contributed by atoms with Crippen molar-refractivity contribution in [3.63, 3.8) is 0 Å². The SMILES string of the molecule is CCCCCCCCCCCCCC[N+]1(CCO)CCOCC1.[Br-]. The molecule has 1 aliphatic rings. The molecule has 1 fully saturated rings. The molecule has 0 atom stereocenters. The van der Waals surface area contributed by atoms with Gasteiger partial charge in [-0.1, -0.05) is 71.1 Å². The zero-order chi connectivity index (χ0) is 16.6. The van der Waals surface area contributed by atoms with E-state index in [1.807, 2.05) is 0 Å². The van der Waals surface area contributed by atoms with Gasteiger partial charge in [0.25, 0.3) is 0 Å². The van der Waals surface area contributed by atoms with Crippen molar-refractivity contribution in [1.29, 1.82) is 0 Å². The molecule has 1 heterocycles. The first-order valence-electron chi connectivity index (χ1n) is 10.4. The molecule has 1 saturated heterocycles. The average molecular weight is 408 g/mol. The normalized spacial score (nSPS) is 16.8. The molecule has 0 amide bonds. The maximum absolute atomic E-state index is 9.32. The van der Waals surface area contributed by atoms with Crippen molar-refractivity contribution in [1.82, 2.24) is 0 Å². The van der Waals surface area contributed by atoms with Gasteiger partial charge in [0, 0.05) is 0 Å². The molecule has 4 heteroatoms. The molecule has 24 heavy (non-hydrogen) atoms. The zero-order valence-corrected chi connectivity index (χ0v) is 17.7. The highest BCUT2D eigenvalue weighted by Gasteiger charge is 2.28. The van der Waals surface area contributed by atoms with E-state index >= 15 is 0 Å². The van der Waals surface area contributed by atoms with Gasteiger partial charge in [-0.3, -0.25) is 0 Å². The topological polar surface area (TPSA) is 29.5 Å². The van der Waals surface area contributed by atoms with Crippen LogP contribution in [0.25, 0.3) is 0 Å². The number of aliphatic hydroxyl groups is 1. The summed E-state index contributed by atoms with van der Waals surface area (Å²) in [6.07, 6.45) is 16.9. The molecule has 0 saturated carbocycles. The van der Waals surface area contributed by atoms with Crippen molar-refractivity contribution in [2.24, 2.45) is 0 Å². The van der Waals surface area contributed by atoms with E-state index in [-0.39, 0.29) is 17.0 Å². The Balaban J connectivity index is 0.00000529. The van der Waals surface area contributed by atoms with Crippen LogP contribution in [0.4, 0.5) is 0 Å². The van der Waals surface area contributed by atoms with Crippen LogP contribution in [0.1, 0.15) is 84.0 Å². The molecular formula is C20H42BrNO2. The lowest BCUT2D eigenvalue weighted by Crippen LogP contribution is -3.00. The van der Waals surface area contributed by atoms with Crippen molar-refractivity contribution >= 4 is 0 Å². The molecule has 0 aromatic carbocycles. The predicted molar refractivity (Wildman–Crippen MR) is 98.7 cm³/mol. The van der Waals surface area contributed by atoms with E-state index in [1.165, 1.54) is 83.6 Å². The molecule has 1 rings (SSSR count). The van der Waals surface area contributed by atoms with Gasteiger partial charge in [0.2, 0.25) is 0 Å². The maximum atomic E-state index is 9.32. The first-order valence-corrected chi connectivity index (χ1v) is 10.4. The van der Waals surface area contributed by atoms with Crippen LogP contribution in [0.3, 0.4) is 0 Å². The van der Waals surface area contributed by atoms with Crippen LogP contribution in [-0.4, -0.2) is 55.6 Å². The van der Waals surface area contributed by atoms with Crippen LogP contribution >= 0.6 is 0 Å². The summed E-state index contributed by atoms with van der Waals surface area (Å²) in [6, 6.07) is 0. The minimum atomic E-state index is 0. The lowest BCUT2D eigenvalue weighted by Gasteiger charge is -2.41. The summed E-state index contributed by atoms with van der Waals surface area (Å²) in [5.74, 6) is 0. The van der Waals surface area contributed by atoms with E-state index in [9.17, 15) is 5.11 Å². The third-order valence-corrected chi connectivity index (χ3v) is 5.48. The number of hydrogen-bond acceptors (Lipinski definition) is 2. The first-order chi connectivity index (χ1) is 11.3. The smallest absolute Gasteiger partial charge is 0.103 e. The highest BCUT2D eigenvalue weighted by atomic mass is 79.9. The number of rotatable bonds is 15. The fraction of sp³-hybridized carbons (Fsp3) is 1.00. The minimum Gasteiger partial charge on any atom is -1.00 e. The van der Waals surface area contributed by atoms with E-state index in [4.69, 9.17) is 4.74 Å². The number of morpholine rings is 1. The second-order valence-corrected chi connectivity index (χ2v) is 7.46. The van der Waals surface area contributed by atoms with Gasteiger partial charge in [0.05, 0.1) is 26.4 Å². The van der Waals surface area contributed by atoms with E-state index in [0.717, 1.165) is 37.3 Å². The Labute approximate surface area is 161 Å². The average Bonchev–Trinajstić information content (AvgIpc) is 2.57. The van der Waals surface area contributed by atoms with Gasteiger partial charge in [-0.25, -0.2) is 0 Å². The molecule has 0 radical (unpaired) electrons. The van der Waals surface area contributed by atoms with E-state index in [2.05, 4.69) is 6.92 Å². The van der Waals surface area contributed by atoms with Gasteiger partial charge in [-0.05, 0) is 12.8 Å². The summed E-state index contributed by atoms with van der Waals surface area (Å²) in [5.41, 5.74) is 0. The Hall–Kier alpha value is 0.360. The number of quaternary nitrogens is 1. The van der Waals surface area contributed by atoms with Crippen LogP contribution in [0.2, 0.25) is 0 Å². The summed E-state index contributed by atoms with van der Waals surface area (Å²) >= 11 is 0. The predicted octanol–water partition coefficient (Wildman–Crippen LogP) is 1.53. The fourth-order valence-electron chi connectivity index (χ4n) is 3.79. The van der Waals surface area contributed by atoms with Crippen molar-refractivity contribution in [3.05, 3.63) is 0 Å². The molecule has 0 aromatic rings. The van der Waals surface area contributed by atoms with Gasteiger partial charge in [-0.15, -0.1) is 0 Å². The molecule has 1 aliphatic heterocycles. The summed E-state index contributed by atoms with van der Waals surface area (Å²) in [4.78, 5) is 0. The van der Waals surface area contributed by atoms with Crippen LogP contribution < -0.4 is 17.0 Å². The molecule has 1 N–H and O–H groups in total. The third kappa shape index (κ3) is 11.8. The molecule has 0 spiro atoms. The quantitative estimate of drug-likeness (QED) is 0.329. The number of halogens is 1. The lowest BCUT2D eigenvalue weighted by molar-refractivity contribution is -0.935. The van der Waals surface area contributed by atoms with Crippen LogP contribution in [-0.2, 0) is 4.74 Å². The van der Waals surface area contributed by atoms with Crippen molar-refractivity contribution < 1.29 is 31.3 Å². The Morgan fingerprint density at radius 2 is 1.17 bits per heavy atom. The number of hydrogen-bond donors (Lipinski definition) is 1. The fourth-order valence-corrected chi connectivity index (χ4v) is 3.79. The van der Waals surface area contributed by atoms with Gasteiger partial charge in [0.15, 0.2) is 0 Å². The molecule has 3 nitrogen and oxygen atoms in total. The summed E-state index contributed by atoms with van der Waals surface area (Å²) in [6.45, 7) is 8.70. The highest BCUT2D eigenvalue weighted by molar-refractivity contribution is 4.53. The standard InChI is InChI=1S/C20H42NO2.BrH/c1-2-3-4-5-6-7-8-9-10-11-12-13-14-21(15-18-22)16-19-23-20-17-21;/h22H,2-20H2,1H3;1H/q+1;/p-1. The zero-order valence-electron chi connectivity index (χ0n) is 16.1. The van der Waals surface area contributed by atoms with E-state index < -0.39 is 0 Å². The van der Waals surface area contributed by atoms with E-state index in [1.54, 1.807) is 0 Å². The number of unbranched alkanes of at least 4 members (excludes halogenated alkanes) is 11.